The number of hydrogen-bond acceptors (Lipinski definition) is 2. The van der Waals surface area contributed by atoms with Crippen LogP contribution in [0.1, 0.15) is 33.1 Å². The SMILES string of the molecule is C=C1[C@@H](O)C[C@@H]2[C@]13[C@@H]1[C@H](CC[C@@]23C)[C@@]1(C)CO. The van der Waals surface area contributed by atoms with Crippen molar-refractivity contribution in [3.63, 3.8) is 0 Å². The first-order chi connectivity index (χ1) is 7.94. The van der Waals surface area contributed by atoms with Gasteiger partial charge in [-0.1, -0.05) is 20.4 Å². The molecule has 0 aromatic heterocycles. The summed E-state index contributed by atoms with van der Waals surface area (Å²) in [6.45, 7) is 9.15. The number of aliphatic hydroxyl groups is 2. The zero-order valence-corrected chi connectivity index (χ0v) is 10.7. The van der Waals surface area contributed by atoms with Crippen LogP contribution < -0.4 is 0 Å². The van der Waals surface area contributed by atoms with Crippen LogP contribution in [0.15, 0.2) is 12.2 Å². The van der Waals surface area contributed by atoms with Crippen molar-refractivity contribution in [3.8, 4) is 0 Å². The van der Waals surface area contributed by atoms with Crippen molar-refractivity contribution in [1.82, 2.24) is 0 Å². The van der Waals surface area contributed by atoms with Crippen LogP contribution >= 0.6 is 0 Å². The van der Waals surface area contributed by atoms with Gasteiger partial charge in [0.1, 0.15) is 0 Å². The van der Waals surface area contributed by atoms with Gasteiger partial charge in [0.15, 0.2) is 0 Å². The Balaban J connectivity index is 1.81. The van der Waals surface area contributed by atoms with Crippen molar-refractivity contribution in [1.29, 1.82) is 0 Å². The third-order valence-corrected chi connectivity index (χ3v) is 7.23. The summed E-state index contributed by atoms with van der Waals surface area (Å²) >= 11 is 0. The van der Waals surface area contributed by atoms with Gasteiger partial charge in [-0.05, 0) is 53.4 Å². The molecule has 0 unspecified atom stereocenters. The molecule has 1 spiro atoms. The molecule has 4 aliphatic carbocycles. The molecule has 4 rings (SSSR count). The molecule has 17 heavy (non-hydrogen) atoms. The Morgan fingerprint density at radius 3 is 2.76 bits per heavy atom. The maximum absolute atomic E-state index is 10.1. The van der Waals surface area contributed by atoms with Gasteiger partial charge in [0, 0.05) is 12.0 Å². The van der Waals surface area contributed by atoms with Gasteiger partial charge in [-0.2, -0.15) is 0 Å². The van der Waals surface area contributed by atoms with Crippen LogP contribution in [-0.4, -0.2) is 22.9 Å². The molecular weight excluding hydrogens is 212 g/mol. The van der Waals surface area contributed by atoms with E-state index < -0.39 is 0 Å². The molecule has 94 valence electrons. The molecule has 0 aliphatic heterocycles. The highest BCUT2D eigenvalue weighted by atomic mass is 16.3. The van der Waals surface area contributed by atoms with E-state index in [1.807, 2.05) is 0 Å². The molecule has 7 atom stereocenters. The van der Waals surface area contributed by atoms with E-state index in [9.17, 15) is 10.2 Å². The Morgan fingerprint density at radius 1 is 1.41 bits per heavy atom. The van der Waals surface area contributed by atoms with Crippen LogP contribution in [0.5, 0.6) is 0 Å². The van der Waals surface area contributed by atoms with Crippen molar-refractivity contribution in [2.45, 2.75) is 39.2 Å². The fraction of sp³-hybridized carbons (Fsp3) is 0.867. The van der Waals surface area contributed by atoms with Crippen LogP contribution in [0.3, 0.4) is 0 Å². The van der Waals surface area contributed by atoms with E-state index in [1.165, 1.54) is 12.8 Å². The molecule has 4 fully saturated rings. The Hall–Kier alpha value is -0.340. The molecule has 0 radical (unpaired) electrons. The number of aliphatic hydroxyl groups excluding tert-OH is 2. The molecule has 0 amide bonds. The number of rotatable bonds is 1. The first kappa shape index (κ1) is 10.6. The van der Waals surface area contributed by atoms with E-state index >= 15 is 0 Å². The molecule has 0 aromatic rings. The molecule has 2 heteroatoms. The molecule has 4 aliphatic rings. The standard InChI is InChI=1S/C15H22O2/c1-8-10(17)6-11-14(3)5-4-9-12(15(8,11)14)13(9,2)7-16/h9-12,16-17H,1,4-7H2,2-3H3/t9-,10-,11-,12+,13+,14-,15-/m0/s1. The minimum atomic E-state index is -0.282. The summed E-state index contributed by atoms with van der Waals surface area (Å²) in [5, 5.41) is 19.8. The Bertz CT molecular complexity index is 431. The lowest BCUT2D eigenvalue weighted by Gasteiger charge is -2.31. The van der Waals surface area contributed by atoms with Crippen molar-refractivity contribution in [2.75, 3.05) is 6.61 Å². The average Bonchev–Trinajstić information content (AvgIpc) is 3.05. The summed E-state index contributed by atoms with van der Waals surface area (Å²) in [4.78, 5) is 0. The van der Waals surface area contributed by atoms with E-state index in [4.69, 9.17) is 0 Å². The normalized spacial score (nSPS) is 67.2. The second kappa shape index (κ2) is 2.50. The topological polar surface area (TPSA) is 40.5 Å². The quantitative estimate of drug-likeness (QED) is 0.681. The van der Waals surface area contributed by atoms with E-state index in [0.29, 0.717) is 29.8 Å². The largest absolute Gasteiger partial charge is 0.396 e. The summed E-state index contributed by atoms with van der Waals surface area (Å²) in [6.07, 6.45) is 3.16. The molecule has 4 saturated carbocycles. The lowest BCUT2D eigenvalue weighted by molar-refractivity contribution is 0.159. The minimum Gasteiger partial charge on any atom is -0.396 e. The highest BCUT2D eigenvalue weighted by Crippen LogP contribution is 2.93. The number of fused-ring (bicyclic) bond motifs is 2. The maximum Gasteiger partial charge on any atom is 0.0756 e. The predicted octanol–water partition coefficient (Wildman–Crippen LogP) is 1.97. The predicted molar refractivity (Wildman–Crippen MR) is 65.2 cm³/mol. The van der Waals surface area contributed by atoms with E-state index in [2.05, 4.69) is 20.4 Å². The fourth-order valence-corrected chi connectivity index (χ4v) is 6.31. The molecule has 2 nitrogen and oxygen atoms in total. The van der Waals surface area contributed by atoms with Gasteiger partial charge in [-0.3, -0.25) is 0 Å². The monoisotopic (exact) mass is 234 g/mol. The maximum atomic E-state index is 10.1. The molecule has 0 heterocycles. The molecular formula is C15H22O2. The smallest absolute Gasteiger partial charge is 0.0756 e. The highest BCUT2D eigenvalue weighted by Gasteiger charge is 2.89. The Labute approximate surface area is 103 Å². The van der Waals surface area contributed by atoms with Crippen molar-refractivity contribution < 1.29 is 10.2 Å². The average molecular weight is 234 g/mol. The summed E-state index contributed by atoms with van der Waals surface area (Å²) in [7, 11) is 0. The first-order valence-electron chi connectivity index (χ1n) is 6.93. The minimum absolute atomic E-state index is 0.111. The molecule has 0 aromatic carbocycles. The highest BCUT2D eigenvalue weighted by molar-refractivity contribution is 5.47. The second-order valence-electron chi connectivity index (χ2n) is 7.40. The van der Waals surface area contributed by atoms with Crippen molar-refractivity contribution >= 4 is 0 Å². The molecule has 0 bridgehead atoms. The lowest BCUT2D eigenvalue weighted by atomic mass is 9.74. The summed E-state index contributed by atoms with van der Waals surface area (Å²) in [5.74, 6) is 1.90. The van der Waals surface area contributed by atoms with Crippen molar-refractivity contribution in [2.24, 2.45) is 34.0 Å². The van der Waals surface area contributed by atoms with Gasteiger partial charge in [0.05, 0.1) is 6.10 Å². The van der Waals surface area contributed by atoms with Crippen LogP contribution in [0.25, 0.3) is 0 Å². The first-order valence-corrected chi connectivity index (χ1v) is 6.93. The number of hydrogen-bond donors (Lipinski definition) is 2. The molecule has 2 N–H and O–H groups in total. The summed E-state index contributed by atoms with van der Waals surface area (Å²) in [5.41, 5.74) is 1.78. The summed E-state index contributed by atoms with van der Waals surface area (Å²) < 4.78 is 0. The second-order valence-corrected chi connectivity index (χ2v) is 7.40. The van der Waals surface area contributed by atoms with Gasteiger partial charge in [0.25, 0.3) is 0 Å². The van der Waals surface area contributed by atoms with Gasteiger partial charge in [-0.25, -0.2) is 0 Å². The van der Waals surface area contributed by atoms with Crippen LogP contribution in [0, 0.1) is 34.0 Å². The van der Waals surface area contributed by atoms with Crippen LogP contribution in [0.4, 0.5) is 0 Å². The zero-order chi connectivity index (χ0) is 12.2. The third-order valence-electron chi connectivity index (χ3n) is 7.23. The lowest BCUT2D eigenvalue weighted by Crippen LogP contribution is -2.27. The van der Waals surface area contributed by atoms with E-state index in [1.54, 1.807) is 0 Å². The van der Waals surface area contributed by atoms with Crippen molar-refractivity contribution in [3.05, 3.63) is 12.2 Å². The zero-order valence-electron chi connectivity index (χ0n) is 10.7. The van der Waals surface area contributed by atoms with Crippen LogP contribution in [-0.2, 0) is 0 Å². The van der Waals surface area contributed by atoms with E-state index in [0.717, 1.165) is 12.0 Å². The Morgan fingerprint density at radius 2 is 2.12 bits per heavy atom. The van der Waals surface area contributed by atoms with E-state index in [-0.39, 0.29) is 16.9 Å². The summed E-state index contributed by atoms with van der Waals surface area (Å²) in [6, 6.07) is 0. The fourth-order valence-electron chi connectivity index (χ4n) is 6.31. The van der Waals surface area contributed by atoms with Crippen LogP contribution in [0.2, 0.25) is 0 Å². The van der Waals surface area contributed by atoms with Gasteiger partial charge in [-0.15, -0.1) is 0 Å². The van der Waals surface area contributed by atoms with Gasteiger partial charge in [0.2, 0.25) is 0 Å². The third kappa shape index (κ3) is 0.769. The Kier molecular flexibility index (Phi) is 1.56. The molecule has 0 saturated heterocycles. The van der Waals surface area contributed by atoms with Gasteiger partial charge < -0.3 is 10.2 Å². The van der Waals surface area contributed by atoms with Gasteiger partial charge >= 0.3 is 0 Å².